The molecule has 250 valence electrons. The first-order valence-corrected chi connectivity index (χ1v) is 15.6. The number of hydrogen-bond acceptors (Lipinski definition) is 10. The number of nitrogens with two attached hydrogens (primary N) is 1. The van der Waals surface area contributed by atoms with Crippen molar-refractivity contribution in [2.75, 3.05) is 13.2 Å². The van der Waals surface area contributed by atoms with Crippen LogP contribution in [0.3, 0.4) is 0 Å². The quantitative estimate of drug-likeness (QED) is 0.0724. The number of unbranched alkanes of at least 4 members (excludes halogenated alkanes) is 9. The van der Waals surface area contributed by atoms with Gasteiger partial charge in [-0.3, -0.25) is 19.2 Å². The molecule has 14 nitrogen and oxygen atoms in total. The maximum Gasteiger partial charge on any atom is 0.249 e. The maximum absolute atomic E-state index is 12.6. The zero-order chi connectivity index (χ0) is 32.4. The van der Waals surface area contributed by atoms with Gasteiger partial charge in [0.25, 0.3) is 0 Å². The zero-order valence-corrected chi connectivity index (χ0v) is 25.8. The number of primary amides is 1. The molecule has 0 aromatic heterocycles. The third-order valence-electron chi connectivity index (χ3n) is 7.50. The van der Waals surface area contributed by atoms with Crippen LogP contribution in [0.2, 0.25) is 0 Å². The lowest BCUT2D eigenvalue weighted by atomic mass is 9.99. The average Bonchev–Trinajstić information content (AvgIpc) is 2.97. The van der Waals surface area contributed by atoms with Crippen LogP contribution in [0.15, 0.2) is 0 Å². The monoisotopic (exact) mass is 618 g/mol. The Bertz CT molecular complexity index is 848. The Labute approximate surface area is 254 Å². The fourth-order valence-electron chi connectivity index (χ4n) is 4.71. The number of carbonyl (C=O) groups excluding carboxylic acids is 4. The van der Waals surface area contributed by atoms with Crippen molar-refractivity contribution in [2.24, 2.45) is 5.73 Å². The van der Waals surface area contributed by atoms with Crippen molar-refractivity contribution >= 4 is 23.6 Å². The van der Waals surface area contributed by atoms with Gasteiger partial charge in [0.05, 0.1) is 6.61 Å². The number of aliphatic hydroxyl groups excluding tert-OH is 4. The van der Waals surface area contributed by atoms with E-state index in [9.17, 15) is 39.6 Å². The smallest absolute Gasteiger partial charge is 0.249 e. The topological polar surface area (TPSA) is 230 Å². The first-order valence-electron chi connectivity index (χ1n) is 15.6. The predicted octanol–water partition coefficient (Wildman–Crippen LogP) is -0.516. The molecule has 0 radical (unpaired) electrons. The molecule has 43 heavy (non-hydrogen) atoms. The van der Waals surface area contributed by atoms with Gasteiger partial charge in [0.1, 0.15) is 42.6 Å². The second-order valence-corrected chi connectivity index (χ2v) is 11.2. The molecule has 1 aliphatic rings. The highest BCUT2D eigenvalue weighted by Crippen LogP contribution is 2.23. The van der Waals surface area contributed by atoms with Gasteiger partial charge in [-0.05, 0) is 26.7 Å². The van der Waals surface area contributed by atoms with E-state index in [-0.39, 0.29) is 18.7 Å². The van der Waals surface area contributed by atoms with Crippen molar-refractivity contribution in [1.29, 1.82) is 0 Å². The molecular weight excluding hydrogens is 564 g/mol. The van der Waals surface area contributed by atoms with Gasteiger partial charge in [-0.2, -0.15) is 0 Å². The number of carbonyl (C=O) groups is 4. The van der Waals surface area contributed by atoms with Crippen molar-refractivity contribution in [3.63, 3.8) is 0 Å². The fourth-order valence-corrected chi connectivity index (χ4v) is 4.71. The number of amides is 4. The van der Waals surface area contributed by atoms with Crippen molar-refractivity contribution in [3.8, 4) is 0 Å². The van der Waals surface area contributed by atoms with E-state index < -0.39 is 73.2 Å². The van der Waals surface area contributed by atoms with Crippen molar-refractivity contribution in [1.82, 2.24) is 16.0 Å². The van der Waals surface area contributed by atoms with E-state index in [1.165, 1.54) is 58.8 Å². The highest BCUT2D eigenvalue weighted by molar-refractivity contribution is 5.92. The molecule has 0 aromatic carbocycles. The molecule has 0 bridgehead atoms. The van der Waals surface area contributed by atoms with E-state index in [1.54, 1.807) is 0 Å². The van der Waals surface area contributed by atoms with Gasteiger partial charge in [-0.15, -0.1) is 0 Å². The standard InChI is InChI=1S/C29H54N4O10/c1-4-5-6-7-8-9-10-11-12-13-16-31-22(35)15-14-20(26(30)38)33-27(39)18(2)32-28(40)19(3)42-25-23(36)21(17-34)43-29(41)24(25)37/h18-21,23-25,29,34,36-37,41H,4-17H2,1-3H3,(H2,30,38)(H,31,35)(H,32,40)(H,33,39)/t18-,19?,20+,21+,23+,24+,25-,29?/m0/s1. The first kappa shape index (κ1) is 38.7. The first-order chi connectivity index (χ1) is 20.4. The Morgan fingerprint density at radius 3 is 2.00 bits per heavy atom. The van der Waals surface area contributed by atoms with Gasteiger partial charge < -0.3 is 51.6 Å². The van der Waals surface area contributed by atoms with Gasteiger partial charge in [-0.1, -0.05) is 64.7 Å². The molecule has 0 aliphatic carbocycles. The second-order valence-electron chi connectivity index (χ2n) is 11.2. The predicted molar refractivity (Wildman–Crippen MR) is 157 cm³/mol. The summed E-state index contributed by atoms with van der Waals surface area (Å²) in [7, 11) is 0. The van der Waals surface area contributed by atoms with Crippen molar-refractivity contribution < 1.29 is 49.1 Å². The number of hydrogen-bond donors (Lipinski definition) is 8. The van der Waals surface area contributed by atoms with Crippen molar-refractivity contribution in [2.45, 2.75) is 147 Å². The number of rotatable bonds is 22. The van der Waals surface area contributed by atoms with Gasteiger partial charge >= 0.3 is 0 Å². The molecule has 0 saturated carbocycles. The molecule has 9 N–H and O–H groups in total. The van der Waals surface area contributed by atoms with Crippen LogP contribution in [0.4, 0.5) is 0 Å². The molecule has 14 heteroatoms. The lowest BCUT2D eigenvalue weighted by Gasteiger charge is -2.40. The Morgan fingerprint density at radius 2 is 1.44 bits per heavy atom. The lowest BCUT2D eigenvalue weighted by molar-refractivity contribution is -0.298. The number of aliphatic hydroxyl groups is 4. The third-order valence-corrected chi connectivity index (χ3v) is 7.50. The van der Waals surface area contributed by atoms with Crippen LogP contribution in [0.25, 0.3) is 0 Å². The van der Waals surface area contributed by atoms with Gasteiger partial charge in [-0.25, -0.2) is 0 Å². The summed E-state index contributed by atoms with van der Waals surface area (Å²) in [5, 5.41) is 47.0. The summed E-state index contributed by atoms with van der Waals surface area (Å²) in [6.07, 6.45) is 2.89. The molecule has 1 saturated heterocycles. The molecule has 1 rings (SSSR count). The van der Waals surface area contributed by atoms with E-state index in [2.05, 4.69) is 22.9 Å². The van der Waals surface area contributed by atoms with Crippen LogP contribution in [0, 0.1) is 0 Å². The molecule has 8 atom stereocenters. The van der Waals surface area contributed by atoms with Crippen LogP contribution in [-0.4, -0.2) is 106 Å². The number of nitrogens with one attached hydrogen (secondary N) is 3. The molecule has 1 fully saturated rings. The Balaban J connectivity index is 2.37. The summed E-state index contributed by atoms with van der Waals surface area (Å²) in [5.41, 5.74) is 5.41. The third kappa shape index (κ3) is 14.8. The highest BCUT2D eigenvalue weighted by Gasteiger charge is 2.45. The summed E-state index contributed by atoms with van der Waals surface area (Å²) in [5.74, 6) is -2.59. The molecule has 1 aliphatic heterocycles. The fraction of sp³-hybridized carbons (Fsp3) is 0.862. The van der Waals surface area contributed by atoms with E-state index in [0.29, 0.717) is 6.54 Å². The average molecular weight is 619 g/mol. The minimum absolute atomic E-state index is 0.0149. The van der Waals surface area contributed by atoms with Crippen LogP contribution in [0.1, 0.15) is 97.8 Å². The van der Waals surface area contributed by atoms with Gasteiger partial charge in [0.2, 0.25) is 23.6 Å². The minimum atomic E-state index is -1.75. The highest BCUT2D eigenvalue weighted by atomic mass is 16.6. The summed E-state index contributed by atoms with van der Waals surface area (Å²) >= 11 is 0. The summed E-state index contributed by atoms with van der Waals surface area (Å²) < 4.78 is 10.3. The number of ether oxygens (including phenoxy) is 2. The maximum atomic E-state index is 12.6. The zero-order valence-electron chi connectivity index (χ0n) is 25.8. The van der Waals surface area contributed by atoms with Crippen molar-refractivity contribution in [3.05, 3.63) is 0 Å². The van der Waals surface area contributed by atoms with Crippen LogP contribution in [-0.2, 0) is 28.7 Å². The SMILES string of the molecule is CCCCCCCCCCCCNC(=O)CC[C@@H](NC(=O)[C@H](C)NC(=O)C(C)O[C@H]1[C@H](O)[C@@H](CO)OC(O)[C@@H]1O)C(N)=O. The molecule has 0 aromatic rings. The molecular formula is C29H54N4O10. The largest absolute Gasteiger partial charge is 0.394 e. The van der Waals surface area contributed by atoms with E-state index >= 15 is 0 Å². The molecule has 1 heterocycles. The van der Waals surface area contributed by atoms with Crippen LogP contribution < -0.4 is 21.7 Å². The van der Waals surface area contributed by atoms with Crippen LogP contribution in [0.5, 0.6) is 0 Å². The van der Waals surface area contributed by atoms with E-state index in [4.69, 9.17) is 15.2 Å². The van der Waals surface area contributed by atoms with Crippen LogP contribution >= 0.6 is 0 Å². The Kier molecular flexibility index (Phi) is 19.2. The van der Waals surface area contributed by atoms with Gasteiger partial charge in [0.15, 0.2) is 6.29 Å². The Morgan fingerprint density at radius 1 is 0.860 bits per heavy atom. The summed E-state index contributed by atoms with van der Waals surface area (Å²) in [6.45, 7) is 4.74. The molecule has 4 amide bonds. The molecule has 2 unspecified atom stereocenters. The lowest BCUT2D eigenvalue weighted by Crippen LogP contribution is -2.61. The minimum Gasteiger partial charge on any atom is -0.394 e. The van der Waals surface area contributed by atoms with E-state index in [0.717, 1.165) is 19.3 Å². The Hall–Kier alpha value is -2.36. The normalized spacial score (nSPS) is 24.0. The second kappa shape index (κ2) is 21.4. The summed E-state index contributed by atoms with van der Waals surface area (Å²) in [4.78, 5) is 49.3. The molecule has 0 spiro atoms. The van der Waals surface area contributed by atoms with E-state index in [1.807, 2.05) is 0 Å². The van der Waals surface area contributed by atoms with Gasteiger partial charge in [0, 0.05) is 13.0 Å². The summed E-state index contributed by atoms with van der Waals surface area (Å²) in [6, 6.07) is -2.26.